The molecule has 1 aliphatic heterocycles. The van der Waals surface area contributed by atoms with E-state index in [4.69, 9.17) is 0 Å². The van der Waals surface area contributed by atoms with Crippen LogP contribution < -0.4 is 14.6 Å². The number of fused-ring (bicyclic) bond motifs is 2. The van der Waals surface area contributed by atoms with Crippen molar-refractivity contribution in [3.63, 3.8) is 0 Å². The lowest BCUT2D eigenvalue weighted by molar-refractivity contribution is -0.669. The highest BCUT2D eigenvalue weighted by Gasteiger charge is 2.32. The van der Waals surface area contributed by atoms with E-state index in [-0.39, 0.29) is 11.1 Å². The molecule has 34 heavy (non-hydrogen) atoms. The van der Waals surface area contributed by atoms with E-state index in [9.17, 15) is 14.7 Å². The van der Waals surface area contributed by atoms with Crippen LogP contribution in [0.25, 0.3) is 17.0 Å². The number of aryl methyl sites for hydroxylation is 2. The summed E-state index contributed by atoms with van der Waals surface area (Å²) in [5.74, 6) is -1.94. The van der Waals surface area contributed by atoms with Crippen molar-refractivity contribution in [2.75, 3.05) is 11.4 Å². The number of hydrogen-bond donors (Lipinski definition) is 0. The molecule has 2 aliphatic rings. The minimum absolute atomic E-state index is 0.0343. The standard InChI is InChI=1S/C29H26N2O3/c1-3-30-21(15-13-19-9-5-7-11-25(19)30)17-23-27(32)24(29(34)28(23)33)18-22-16-14-20-10-6-8-12-26(20)31(22)4-2/h5-13,15,17-18H,3-4,14,16H2,1-2H3. The second kappa shape index (κ2) is 8.75. The molecule has 2 heterocycles. The summed E-state index contributed by atoms with van der Waals surface area (Å²) in [7, 11) is 0. The van der Waals surface area contributed by atoms with E-state index >= 15 is 0 Å². The van der Waals surface area contributed by atoms with Gasteiger partial charge < -0.3 is 10.0 Å². The second-order valence-corrected chi connectivity index (χ2v) is 8.53. The molecule has 170 valence electrons. The average Bonchev–Trinajstić information content (AvgIpc) is 3.06. The molecule has 0 bridgehead atoms. The van der Waals surface area contributed by atoms with Gasteiger partial charge in [0.15, 0.2) is 0 Å². The molecule has 5 nitrogen and oxygen atoms in total. The van der Waals surface area contributed by atoms with E-state index in [2.05, 4.69) is 17.0 Å². The Hall–Kier alpha value is -3.99. The Kier molecular flexibility index (Phi) is 5.62. The Labute approximate surface area is 199 Å². The highest BCUT2D eigenvalue weighted by Crippen LogP contribution is 2.34. The van der Waals surface area contributed by atoms with Crippen molar-refractivity contribution >= 4 is 34.2 Å². The molecular weight excluding hydrogens is 424 g/mol. The maximum absolute atomic E-state index is 13.3. The number of Topliss-reactive ketones (excluding diaryl/α,β-unsaturated/α-hetero) is 2. The third-order valence-corrected chi connectivity index (χ3v) is 6.67. The van der Waals surface area contributed by atoms with Crippen molar-refractivity contribution in [2.24, 2.45) is 0 Å². The fourth-order valence-electron chi connectivity index (χ4n) is 4.99. The van der Waals surface area contributed by atoms with Crippen molar-refractivity contribution in [1.29, 1.82) is 0 Å². The highest BCUT2D eigenvalue weighted by molar-refractivity contribution is 6.54. The molecule has 5 heteroatoms. The summed E-state index contributed by atoms with van der Waals surface area (Å²) in [6.07, 6.45) is 4.75. The maximum Gasteiger partial charge on any atom is 0.233 e. The zero-order valence-electron chi connectivity index (χ0n) is 19.4. The zero-order valence-corrected chi connectivity index (χ0v) is 19.4. The Morgan fingerprint density at radius 2 is 1.68 bits per heavy atom. The van der Waals surface area contributed by atoms with Gasteiger partial charge >= 0.3 is 0 Å². The van der Waals surface area contributed by atoms with Gasteiger partial charge in [0.2, 0.25) is 22.8 Å². The molecule has 2 aromatic carbocycles. The fourth-order valence-corrected chi connectivity index (χ4v) is 4.99. The summed E-state index contributed by atoms with van der Waals surface area (Å²) in [6.45, 7) is 5.43. The normalized spacial score (nSPS) is 18.5. The van der Waals surface area contributed by atoms with Crippen molar-refractivity contribution in [1.82, 2.24) is 0 Å². The van der Waals surface area contributed by atoms with Crippen LogP contribution in [0.1, 0.15) is 31.5 Å². The maximum atomic E-state index is 13.3. The molecule has 3 aromatic rings. The van der Waals surface area contributed by atoms with Crippen LogP contribution in [0.5, 0.6) is 0 Å². The van der Waals surface area contributed by atoms with E-state index in [1.165, 1.54) is 5.56 Å². The molecule has 0 spiro atoms. The lowest BCUT2D eigenvalue weighted by Crippen LogP contribution is -2.36. The minimum atomic E-state index is -0.730. The average molecular weight is 451 g/mol. The summed E-state index contributed by atoms with van der Waals surface area (Å²) >= 11 is 0. The van der Waals surface area contributed by atoms with E-state index in [0.29, 0.717) is 19.5 Å². The lowest BCUT2D eigenvalue weighted by atomic mass is 9.97. The van der Waals surface area contributed by atoms with E-state index in [0.717, 1.165) is 34.4 Å². The van der Waals surface area contributed by atoms with Crippen LogP contribution in [0.4, 0.5) is 5.69 Å². The van der Waals surface area contributed by atoms with Gasteiger partial charge in [-0.3, -0.25) is 9.59 Å². The van der Waals surface area contributed by atoms with E-state index in [1.807, 2.05) is 66.9 Å². The number of aromatic nitrogens is 1. The van der Waals surface area contributed by atoms with Crippen molar-refractivity contribution in [2.45, 2.75) is 33.2 Å². The van der Waals surface area contributed by atoms with Gasteiger partial charge in [0.1, 0.15) is 6.54 Å². The molecule has 1 aliphatic carbocycles. The molecule has 0 N–H and O–H groups in total. The number of allylic oxidation sites excluding steroid dienone is 4. The van der Waals surface area contributed by atoms with Gasteiger partial charge in [-0.1, -0.05) is 36.1 Å². The Morgan fingerprint density at radius 1 is 0.912 bits per heavy atom. The van der Waals surface area contributed by atoms with Crippen molar-refractivity contribution in [3.05, 3.63) is 101 Å². The molecule has 5 rings (SSSR count). The lowest BCUT2D eigenvalue weighted by Gasteiger charge is -2.33. The first-order valence-corrected chi connectivity index (χ1v) is 11.7. The van der Waals surface area contributed by atoms with Gasteiger partial charge in [-0.2, -0.15) is 4.57 Å². The number of carbonyl (C=O) groups is 2. The van der Waals surface area contributed by atoms with E-state index in [1.54, 1.807) is 12.2 Å². The number of benzene rings is 2. The van der Waals surface area contributed by atoms with E-state index < -0.39 is 17.3 Å². The van der Waals surface area contributed by atoms with Gasteiger partial charge in [-0.25, -0.2) is 0 Å². The summed E-state index contributed by atoms with van der Waals surface area (Å²) in [4.78, 5) is 27.9. The predicted octanol–water partition coefficient (Wildman–Crippen LogP) is 3.65. The van der Waals surface area contributed by atoms with Crippen molar-refractivity contribution < 1.29 is 19.3 Å². The van der Waals surface area contributed by atoms with Crippen LogP contribution in [-0.4, -0.2) is 18.1 Å². The number of carbonyl (C=O) groups excluding carboxylic acids is 2. The van der Waals surface area contributed by atoms with Crippen LogP contribution in [0.3, 0.4) is 0 Å². The number of rotatable bonds is 4. The monoisotopic (exact) mass is 450 g/mol. The Morgan fingerprint density at radius 3 is 2.47 bits per heavy atom. The molecule has 0 atom stereocenters. The van der Waals surface area contributed by atoms with Crippen LogP contribution in [0, 0.1) is 0 Å². The number of nitrogens with zero attached hydrogens (tertiary/aromatic N) is 2. The smallest absolute Gasteiger partial charge is 0.233 e. The van der Waals surface area contributed by atoms with Gasteiger partial charge in [0, 0.05) is 52.7 Å². The summed E-state index contributed by atoms with van der Waals surface area (Å²) in [5, 5.41) is 14.4. The quantitative estimate of drug-likeness (QED) is 0.346. The molecule has 0 saturated carbocycles. The predicted molar refractivity (Wildman–Crippen MR) is 131 cm³/mol. The van der Waals surface area contributed by atoms with Gasteiger partial charge in [0.05, 0.1) is 0 Å². The summed E-state index contributed by atoms with van der Waals surface area (Å²) in [5.41, 5.74) is 4.86. The van der Waals surface area contributed by atoms with Crippen LogP contribution in [-0.2, 0) is 22.6 Å². The number of pyridine rings is 1. The SMILES string of the molecule is CCN1C(=CC2=C([O-])C(=Cc3ccc4ccccc4[n+]3CC)C(=O)C2=O)CCc2ccccc21. The van der Waals surface area contributed by atoms with Crippen molar-refractivity contribution in [3.8, 4) is 0 Å². The number of hydrogen-bond acceptors (Lipinski definition) is 4. The Bertz CT molecular complexity index is 1430. The first-order valence-electron chi connectivity index (χ1n) is 11.7. The molecule has 0 fully saturated rings. The third kappa shape index (κ3) is 3.54. The molecule has 1 aromatic heterocycles. The second-order valence-electron chi connectivity index (χ2n) is 8.53. The first-order chi connectivity index (χ1) is 16.5. The zero-order chi connectivity index (χ0) is 23.8. The molecule has 0 saturated heterocycles. The number of anilines is 1. The summed E-state index contributed by atoms with van der Waals surface area (Å²) in [6, 6.07) is 20.0. The molecular formula is C29H26N2O3. The number of para-hydroxylation sites is 2. The topological polar surface area (TPSA) is 64.3 Å². The van der Waals surface area contributed by atoms with Crippen LogP contribution in [0.15, 0.2) is 89.3 Å². The highest BCUT2D eigenvalue weighted by atomic mass is 16.3. The molecule has 0 unspecified atom stereocenters. The van der Waals surface area contributed by atoms with Gasteiger partial charge in [-0.15, -0.1) is 0 Å². The molecule has 0 radical (unpaired) electrons. The molecule has 0 amide bonds. The summed E-state index contributed by atoms with van der Waals surface area (Å²) < 4.78 is 2.04. The fraction of sp³-hybridized carbons (Fsp3) is 0.207. The van der Waals surface area contributed by atoms with Crippen LogP contribution >= 0.6 is 0 Å². The van der Waals surface area contributed by atoms with Gasteiger partial charge in [0.25, 0.3) is 0 Å². The first kappa shape index (κ1) is 21.8. The Balaban J connectivity index is 1.59. The third-order valence-electron chi connectivity index (χ3n) is 6.67. The van der Waals surface area contributed by atoms with Gasteiger partial charge in [-0.05, 0) is 56.5 Å². The minimum Gasteiger partial charge on any atom is -0.871 e. The number of ketones is 2. The van der Waals surface area contributed by atoms with Crippen LogP contribution in [0.2, 0.25) is 0 Å². The largest absolute Gasteiger partial charge is 0.871 e.